The van der Waals surface area contributed by atoms with E-state index in [0.717, 1.165) is 6.42 Å². The molecule has 0 aliphatic heterocycles. The Labute approximate surface area is 127 Å². The summed E-state index contributed by atoms with van der Waals surface area (Å²) in [6.45, 7) is 6.49. The lowest BCUT2D eigenvalue weighted by Gasteiger charge is -2.32. The molecule has 1 aliphatic rings. The van der Waals surface area contributed by atoms with Crippen molar-refractivity contribution in [1.82, 2.24) is 10.6 Å². The molecule has 0 radical (unpaired) electrons. The van der Waals surface area contributed by atoms with Gasteiger partial charge in [0, 0.05) is 17.8 Å². The highest BCUT2D eigenvalue weighted by atomic mass is 32.2. The minimum atomic E-state index is -0.339. The normalized spacial score (nSPS) is 25.1. The van der Waals surface area contributed by atoms with Crippen LogP contribution in [0.2, 0.25) is 0 Å². The zero-order chi connectivity index (χ0) is 15.2. The first-order valence-electron chi connectivity index (χ1n) is 7.59. The molecule has 3 unspecified atom stereocenters. The van der Waals surface area contributed by atoms with Crippen molar-refractivity contribution in [3.63, 3.8) is 0 Å². The van der Waals surface area contributed by atoms with Crippen LogP contribution < -0.4 is 10.6 Å². The SMILES string of the molecule is CSC1CCCCC1NC(=O)NCC(C)(C)CC(C)O. The van der Waals surface area contributed by atoms with Crippen molar-refractivity contribution >= 4 is 17.8 Å². The summed E-state index contributed by atoms with van der Waals surface area (Å²) >= 11 is 1.85. The summed E-state index contributed by atoms with van der Waals surface area (Å²) in [5, 5.41) is 16.1. The van der Waals surface area contributed by atoms with Gasteiger partial charge in [-0.05, 0) is 37.9 Å². The average molecular weight is 302 g/mol. The van der Waals surface area contributed by atoms with Crippen molar-refractivity contribution in [2.24, 2.45) is 5.41 Å². The number of rotatable bonds is 6. The molecule has 0 saturated heterocycles. The number of carbonyl (C=O) groups excluding carboxylic acids is 1. The van der Waals surface area contributed by atoms with Gasteiger partial charge in [-0.1, -0.05) is 26.7 Å². The third-order valence-electron chi connectivity index (χ3n) is 3.90. The maximum absolute atomic E-state index is 12.0. The zero-order valence-electron chi connectivity index (χ0n) is 13.2. The van der Waals surface area contributed by atoms with Crippen molar-refractivity contribution in [1.29, 1.82) is 0 Å². The molecule has 0 aromatic rings. The summed E-state index contributed by atoms with van der Waals surface area (Å²) in [5.74, 6) is 0. The molecular weight excluding hydrogens is 272 g/mol. The van der Waals surface area contributed by atoms with Gasteiger partial charge in [-0.2, -0.15) is 11.8 Å². The number of urea groups is 1. The maximum Gasteiger partial charge on any atom is 0.315 e. The average Bonchev–Trinajstić information content (AvgIpc) is 2.36. The van der Waals surface area contributed by atoms with Gasteiger partial charge in [0.2, 0.25) is 0 Å². The summed E-state index contributed by atoms with van der Waals surface area (Å²) in [4.78, 5) is 12.0. The van der Waals surface area contributed by atoms with E-state index >= 15 is 0 Å². The predicted molar refractivity (Wildman–Crippen MR) is 86.2 cm³/mol. The first kappa shape index (κ1) is 17.6. The highest BCUT2D eigenvalue weighted by Gasteiger charge is 2.26. The molecule has 1 saturated carbocycles. The molecule has 0 bridgehead atoms. The van der Waals surface area contributed by atoms with Crippen molar-refractivity contribution in [3.8, 4) is 0 Å². The molecule has 4 nitrogen and oxygen atoms in total. The van der Waals surface area contributed by atoms with Crippen LogP contribution in [0.4, 0.5) is 4.79 Å². The highest BCUT2D eigenvalue weighted by Crippen LogP contribution is 2.27. The zero-order valence-corrected chi connectivity index (χ0v) is 14.1. The Kier molecular flexibility index (Phi) is 7.17. The Morgan fingerprint density at radius 1 is 1.40 bits per heavy atom. The lowest BCUT2D eigenvalue weighted by atomic mass is 9.87. The Bertz CT molecular complexity index is 308. The molecule has 0 spiro atoms. The van der Waals surface area contributed by atoms with E-state index in [1.807, 2.05) is 11.8 Å². The minimum absolute atomic E-state index is 0.0744. The molecule has 1 fully saturated rings. The number of hydrogen-bond donors (Lipinski definition) is 3. The molecular formula is C15H30N2O2S. The smallest absolute Gasteiger partial charge is 0.315 e. The van der Waals surface area contributed by atoms with Crippen molar-refractivity contribution in [2.75, 3.05) is 12.8 Å². The molecule has 0 aromatic carbocycles. The van der Waals surface area contributed by atoms with Gasteiger partial charge >= 0.3 is 6.03 Å². The number of carbonyl (C=O) groups is 1. The lowest BCUT2D eigenvalue weighted by molar-refractivity contribution is 0.128. The van der Waals surface area contributed by atoms with Crippen LogP contribution in [0.1, 0.15) is 52.9 Å². The molecule has 1 aliphatic carbocycles. The first-order valence-corrected chi connectivity index (χ1v) is 8.88. The van der Waals surface area contributed by atoms with Crippen LogP contribution in [0.5, 0.6) is 0 Å². The Balaban J connectivity index is 2.35. The van der Waals surface area contributed by atoms with Crippen molar-refractivity contribution < 1.29 is 9.90 Å². The van der Waals surface area contributed by atoms with Gasteiger partial charge < -0.3 is 15.7 Å². The number of aliphatic hydroxyl groups is 1. The number of hydrogen-bond acceptors (Lipinski definition) is 3. The Hall–Kier alpha value is -0.420. The van der Waals surface area contributed by atoms with Crippen LogP contribution in [0.3, 0.4) is 0 Å². The molecule has 3 atom stereocenters. The number of thioether (sulfide) groups is 1. The van der Waals surface area contributed by atoms with E-state index in [-0.39, 0.29) is 17.6 Å². The van der Waals surface area contributed by atoms with Crippen LogP contribution in [-0.4, -0.2) is 41.3 Å². The van der Waals surface area contributed by atoms with Crippen LogP contribution in [0, 0.1) is 5.41 Å². The summed E-state index contributed by atoms with van der Waals surface area (Å²) < 4.78 is 0. The fourth-order valence-corrected chi connectivity index (χ4v) is 3.89. The van der Waals surface area contributed by atoms with E-state index in [4.69, 9.17) is 0 Å². The first-order chi connectivity index (χ1) is 9.34. The van der Waals surface area contributed by atoms with Crippen LogP contribution >= 0.6 is 11.8 Å². The fourth-order valence-electron chi connectivity index (χ4n) is 2.95. The summed E-state index contributed by atoms with van der Waals surface area (Å²) in [7, 11) is 0. The van der Waals surface area contributed by atoms with Gasteiger partial charge in [0.05, 0.1) is 6.10 Å². The third kappa shape index (κ3) is 6.35. The second-order valence-electron chi connectivity index (χ2n) is 6.71. The van der Waals surface area contributed by atoms with Crippen LogP contribution in [0.25, 0.3) is 0 Å². The quantitative estimate of drug-likeness (QED) is 0.707. The summed E-state index contributed by atoms with van der Waals surface area (Å²) in [6.07, 6.45) is 7.21. The van der Waals surface area contributed by atoms with E-state index in [1.54, 1.807) is 6.92 Å². The van der Waals surface area contributed by atoms with E-state index in [2.05, 4.69) is 30.7 Å². The maximum atomic E-state index is 12.0. The molecule has 118 valence electrons. The van der Waals surface area contributed by atoms with Crippen LogP contribution in [0.15, 0.2) is 0 Å². The predicted octanol–water partition coefficient (Wildman–Crippen LogP) is 2.76. The molecule has 2 amide bonds. The number of nitrogens with one attached hydrogen (secondary N) is 2. The topological polar surface area (TPSA) is 61.4 Å². The van der Waals surface area contributed by atoms with E-state index < -0.39 is 0 Å². The largest absolute Gasteiger partial charge is 0.393 e. The van der Waals surface area contributed by atoms with Gasteiger partial charge in [-0.25, -0.2) is 4.79 Å². The van der Waals surface area contributed by atoms with Gasteiger partial charge in [0.1, 0.15) is 0 Å². The highest BCUT2D eigenvalue weighted by molar-refractivity contribution is 7.99. The third-order valence-corrected chi connectivity index (χ3v) is 5.07. The second kappa shape index (κ2) is 8.13. The Morgan fingerprint density at radius 2 is 2.05 bits per heavy atom. The van der Waals surface area contributed by atoms with E-state index in [0.29, 0.717) is 24.3 Å². The summed E-state index contributed by atoms with van der Waals surface area (Å²) in [6, 6.07) is 0.216. The number of aliphatic hydroxyl groups excluding tert-OH is 1. The van der Waals surface area contributed by atoms with Gasteiger partial charge in [-0.3, -0.25) is 0 Å². The summed E-state index contributed by atoms with van der Waals surface area (Å²) in [5.41, 5.74) is -0.0863. The van der Waals surface area contributed by atoms with Crippen molar-refractivity contribution in [3.05, 3.63) is 0 Å². The van der Waals surface area contributed by atoms with Gasteiger partial charge in [0.15, 0.2) is 0 Å². The molecule has 0 aromatic heterocycles. The molecule has 5 heteroatoms. The second-order valence-corrected chi connectivity index (χ2v) is 7.79. The van der Waals surface area contributed by atoms with E-state index in [1.165, 1.54) is 19.3 Å². The van der Waals surface area contributed by atoms with Gasteiger partial charge in [-0.15, -0.1) is 0 Å². The number of amides is 2. The molecule has 20 heavy (non-hydrogen) atoms. The Morgan fingerprint density at radius 3 is 2.65 bits per heavy atom. The van der Waals surface area contributed by atoms with Crippen LogP contribution in [-0.2, 0) is 0 Å². The fraction of sp³-hybridized carbons (Fsp3) is 0.933. The van der Waals surface area contributed by atoms with Gasteiger partial charge in [0.25, 0.3) is 0 Å². The molecule has 0 heterocycles. The van der Waals surface area contributed by atoms with Crippen molar-refractivity contribution in [2.45, 2.75) is 70.3 Å². The van der Waals surface area contributed by atoms with E-state index in [9.17, 15) is 9.90 Å². The minimum Gasteiger partial charge on any atom is -0.393 e. The standard InChI is InChI=1S/C15H30N2O2S/c1-11(18)9-15(2,3)10-16-14(19)17-12-7-5-6-8-13(12)20-4/h11-13,18H,5-10H2,1-4H3,(H2,16,17,19). The molecule has 3 N–H and O–H groups in total. The molecule has 1 rings (SSSR count). The lowest BCUT2D eigenvalue weighted by Crippen LogP contribution is -2.49. The monoisotopic (exact) mass is 302 g/mol.